The molecule has 1 nitrogen and oxygen atoms in total. The summed E-state index contributed by atoms with van der Waals surface area (Å²) in [5, 5.41) is 0. The monoisotopic (exact) mass is 151 g/mol. The summed E-state index contributed by atoms with van der Waals surface area (Å²) < 4.78 is 0. The molecule has 0 spiro atoms. The van der Waals surface area contributed by atoms with Crippen molar-refractivity contribution in [3.05, 3.63) is 6.42 Å². The van der Waals surface area contributed by atoms with Crippen LogP contribution in [0.1, 0.15) is 20.3 Å². The zero-order valence-electron chi connectivity index (χ0n) is 6.72. The van der Waals surface area contributed by atoms with Crippen molar-refractivity contribution in [1.82, 2.24) is 4.90 Å². The molecule has 2 heteroatoms. The van der Waals surface area contributed by atoms with Crippen LogP contribution in [-0.2, 0) is 0 Å². The minimum atomic E-state index is 0. The third-order valence-electron chi connectivity index (χ3n) is 1.71. The second kappa shape index (κ2) is 5.27. The Hall–Kier alpha value is 1.60. The third kappa shape index (κ3) is 3.49. The van der Waals surface area contributed by atoms with E-state index in [0.717, 1.165) is 6.04 Å². The van der Waals surface area contributed by atoms with Gasteiger partial charge in [-0.05, 0) is 20.4 Å². The molecule has 1 aliphatic heterocycles. The van der Waals surface area contributed by atoms with E-state index in [1.807, 2.05) is 0 Å². The van der Waals surface area contributed by atoms with Crippen LogP contribution in [0, 0.1) is 6.42 Å². The molecule has 0 aliphatic carbocycles. The Bertz CT molecular complexity index is 67.3. The molecular formula is C7H14KN. The fourth-order valence-corrected chi connectivity index (χ4v) is 1.07. The van der Waals surface area contributed by atoms with Crippen LogP contribution in [0.4, 0.5) is 0 Å². The van der Waals surface area contributed by atoms with Crippen LogP contribution in [0.2, 0.25) is 0 Å². The van der Waals surface area contributed by atoms with E-state index in [1.54, 1.807) is 0 Å². The fourth-order valence-electron chi connectivity index (χ4n) is 1.07. The maximum absolute atomic E-state index is 2.47. The molecule has 0 aromatic rings. The minimum Gasteiger partial charge on any atom is -0.333 e. The van der Waals surface area contributed by atoms with Crippen LogP contribution >= 0.6 is 0 Å². The van der Waals surface area contributed by atoms with Crippen molar-refractivity contribution in [1.29, 1.82) is 0 Å². The summed E-state index contributed by atoms with van der Waals surface area (Å²) in [4.78, 5) is 2.47. The largest absolute Gasteiger partial charge is 1.00 e. The Morgan fingerprint density at radius 1 is 1.44 bits per heavy atom. The summed E-state index contributed by atoms with van der Waals surface area (Å²) in [5.41, 5.74) is 0. The zero-order chi connectivity index (χ0) is 5.98. The predicted octanol–water partition coefficient (Wildman–Crippen LogP) is -1.69. The van der Waals surface area contributed by atoms with E-state index in [-0.39, 0.29) is 51.4 Å². The maximum Gasteiger partial charge on any atom is 1.00 e. The summed E-state index contributed by atoms with van der Waals surface area (Å²) in [6, 6.07) is 0.744. The molecule has 0 saturated carbocycles. The Labute approximate surface area is 101 Å². The van der Waals surface area contributed by atoms with E-state index < -0.39 is 0 Å². The van der Waals surface area contributed by atoms with Gasteiger partial charge in [0.05, 0.1) is 0 Å². The van der Waals surface area contributed by atoms with Crippen molar-refractivity contribution in [3.8, 4) is 0 Å². The average molecular weight is 151 g/mol. The van der Waals surface area contributed by atoms with Crippen molar-refractivity contribution in [3.63, 3.8) is 0 Å². The van der Waals surface area contributed by atoms with E-state index in [0.29, 0.717) is 0 Å². The molecule has 0 N–H and O–H groups in total. The van der Waals surface area contributed by atoms with Gasteiger partial charge in [-0.15, -0.1) is 6.54 Å². The molecule has 0 unspecified atom stereocenters. The molecule has 1 saturated heterocycles. The van der Waals surface area contributed by atoms with Gasteiger partial charge in [0, 0.05) is 6.04 Å². The van der Waals surface area contributed by atoms with Crippen molar-refractivity contribution in [2.24, 2.45) is 0 Å². The van der Waals surface area contributed by atoms with Gasteiger partial charge in [-0.25, -0.2) is 0 Å². The van der Waals surface area contributed by atoms with Gasteiger partial charge in [-0.2, -0.15) is 6.42 Å². The second-order valence-corrected chi connectivity index (χ2v) is 2.67. The van der Waals surface area contributed by atoms with E-state index in [2.05, 4.69) is 25.2 Å². The van der Waals surface area contributed by atoms with Gasteiger partial charge in [0.25, 0.3) is 0 Å². The normalized spacial score (nSPS) is 20.3. The van der Waals surface area contributed by atoms with Gasteiger partial charge in [-0.1, -0.05) is 0 Å². The molecule has 48 valence electrons. The first kappa shape index (κ1) is 10.6. The van der Waals surface area contributed by atoms with E-state index in [1.165, 1.54) is 19.5 Å². The van der Waals surface area contributed by atoms with E-state index >= 15 is 0 Å². The van der Waals surface area contributed by atoms with Gasteiger partial charge in [0.2, 0.25) is 0 Å². The van der Waals surface area contributed by atoms with Crippen LogP contribution in [0.25, 0.3) is 0 Å². The Kier molecular flexibility index (Phi) is 6.21. The molecule has 0 aromatic heterocycles. The molecule has 1 rings (SSSR count). The molecule has 1 fully saturated rings. The molecule has 9 heavy (non-hydrogen) atoms. The molecule has 0 atom stereocenters. The Morgan fingerprint density at radius 2 is 2.11 bits per heavy atom. The second-order valence-electron chi connectivity index (χ2n) is 2.67. The first-order chi connectivity index (χ1) is 3.80. The van der Waals surface area contributed by atoms with Crippen LogP contribution in [-0.4, -0.2) is 24.0 Å². The SMILES string of the molecule is CC(C)N1C[CH-]CC1.[K+]. The minimum absolute atomic E-state index is 0. The van der Waals surface area contributed by atoms with Gasteiger partial charge in [0.15, 0.2) is 0 Å². The number of hydrogen-bond donors (Lipinski definition) is 0. The van der Waals surface area contributed by atoms with Gasteiger partial charge >= 0.3 is 51.4 Å². The van der Waals surface area contributed by atoms with Gasteiger partial charge in [0.1, 0.15) is 0 Å². The summed E-state index contributed by atoms with van der Waals surface area (Å²) in [7, 11) is 0. The number of hydrogen-bond acceptors (Lipinski definition) is 1. The van der Waals surface area contributed by atoms with Crippen molar-refractivity contribution >= 4 is 0 Å². The molecule has 0 amide bonds. The van der Waals surface area contributed by atoms with Crippen molar-refractivity contribution in [2.45, 2.75) is 26.3 Å². The maximum atomic E-state index is 2.47. The molecule has 0 bridgehead atoms. The van der Waals surface area contributed by atoms with E-state index in [4.69, 9.17) is 0 Å². The average Bonchev–Trinajstić information content (AvgIpc) is 2.12. The van der Waals surface area contributed by atoms with Crippen molar-refractivity contribution < 1.29 is 51.4 Å². The van der Waals surface area contributed by atoms with Crippen LogP contribution in [0.3, 0.4) is 0 Å². The summed E-state index contributed by atoms with van der Waals surface area (Å²) >= 11 is 0. The molecule has 1 aliphatic rings. The Balaban J connectivity index is 0.000000640. The fraction of sp³-hybridized carbons (Fsp3) is 0.857. The molecular weight excluding hydrogens is 137 g/mol. The standard InChI is InChI=1S/C7H14N.K/c1-7(2)8-5-3-4-6-8;/h3,7H,4-6H2,1-2H3;/q-1;+1. The third-order valence-corrected chi connectivity index (χ3v) is 1.71. The smallest absolute Gasteiger partial charge is 0.333 e. The van der Waals surface area contributed by atoms with Crippen molar-refractivity contribution in [2.75, 3.05) is 13.1 Å². The van der Waals surface area contributed by atoms with Gasteiger partial charge in [-0.3, -0.25) is 0 Å². The first-order valence-corrected chi connectivity index (χ1v) is 3.36. The summed E-state index contributed by atoms with van der Waals surface area (Å²) in [6.45, 7) is 6.98. The molecule has 0 radical (unpaired) electrons. The topological polar surface area (TPSA) is 3.24 Å². The zero-order valence-corrected chi connectivity index (χ0v) is 9.85. The molecule has 1 heterocycles. The predicted molar refractivity (Wildman–Crippen MR) is 35.6 cm³/mol. The Morgan fingerprint density at radius 3 is 2.33 bits per heavy atom. The van der Waals surface area contributed by atoms with Crippen LogP contribution in [0.15, 0.2) is 0 Å². The van der Waals surface area contributed by atoms with Crippen LogP contribution in [0.5, 0.6) is 0 Å². The van der Waals surface area contributed by atoms with Crippen LogP contribution < -0.4 is 51.4 Å². The summed E-state index contributed by atoms with van der Waals surface area (Å²) in [6.07, 6.45) is 3.64. The van der Waals surface area contributed by atoms with E-state index in [9.17, 15) is 0 Å². The quantitative estimate of drug-likeness (QED) is 0.319. The van der Waals surface area contributed by atoms with Gasteiger partial charge < -0.3 is 11.3 Å². The summed E-state index contributed by atoms with van der Waals surface area (Å²) in [5.74, 6) is 0. The first-order valence-electron chi connectivity index (χ1n) is 3.36. The molecule has 0 aromatic carbocycles. The number of likely N-dealkylation sites (tertiary alicyclic amines) is 1. The number of rotatable bonds is 1. The number of nitrogens with zero attached hydrogens (tertiary/aromatic N) is 1.